The van der Waals surface area contributed by atoms with Gasteiger partial charge in [-0.05, 0) is 40.2 Å². The van der Waals surface area contributed by atoms with Gasteiger partial charge in [-0.15, -0.1) is 11.3 Å². The number of halogens is 1. The highest BCUT2D eigenvalue weighted by atomic mass is 79.9. The van der Waals surface area contributed by atoms with Crippen LogP contribution in [0.1, 0.15) is 10.4 Å². The first-order chi connectivity index (χ1) is 9.28. The predicted octanol–water partition coefficient (Wildman–Crippen LogP) is 4.18. The predicted molar refractivity (Wildman–Crippen MR) is 80.0 cm³/mol. The van der Waals surface area contributed by atoms with E-state index in [2.05, 4.69) is 21.0 Å². The molecule has 2 aromatic heterocycles. The Morgan fingerprint density at radius 1 is 1.16 bits per heavy atom. The summed E-state index contributed by atoms with van der Waals surface area (Å²) in [6.07, 6.45) is 2.60. The molecule has 0 fully saturated rings. The van der Waals surface area contributed by atoms with E-state index in [4.69, 9.17) is 0 Å². The number of hydrogen-bond donors (Lipinski definition) is 0. The number of thiophene rings is 1. The number of rotatable bonds is 3. The highest BCUT2D eigenvalue weighted by Gasteiger charge is 2.13. The SMILES string of the molecule is O=Cc1cn(-c2ccccc2)nc1-c1ccc(Br)s1. The molecule has 0 bridgehead atoms. The number of hydrogen-bond acceptors (Lipinski definition) is 3. The van der Waals surface area contributed by atoms with Crippen molar-refractivity contribution in [3.63, 3.8) is 0 Å². The van der Waals surface area contributed by atoms with Crippen LogP contribution in [0.25, 0.3) is 16.3 Å². The van der Waals surface area contributed by atoms with E-state index < -0.39 is 0 Å². The fourth-order valence-corrected chi connectivity index (χ4v) is 3.21. The van der Waals surface area contributed by atoms with E-state index in [0.29, 0.717) is 5.56 Å². The van der Waals surface area contributed by atoms with Crippen LogP contribution < -0.4 is 0 Å². The number of nitrogens with zero attached hydrogens (tertiary/aromatic N) is 2. The number of aldehydes is 1. The van der Waals surface area contributed by atoms with Crippen molar-refractivity contribution in [1.82, 2.24) is 9.78 Å². The van der Waals surface area contributed by atoms with Gasteiger partial charge in [0.05, 0.1) is 19.9 Å². The molecule has 0 aliphatic heterocycles. The molecule has 0 saturated carbocycles. The number of para-hydroxylation sites is 1. The molecule has 3 nitrogen and oxygen atoms in total. The molecule has 0 unspecified atom stereocenters. The van der Waals surface area contributed by atoms with Gasteiger partial charge in [0.2, 0.25) is 0 Å². The van der Waals surface area contributed by atoms with E-state index >= 15 is 0 Å². The van der Waals surface area contributed by atoms with E-state index in [1.54, 1.807) is 22.2 Å². The lowest BCUT2D eigenvalue weighted by Crippen LogP contribution is -1.93. The third kappa shape index (κ3) is 2.39. The summed E-state index contributed by atoms with van der Waals surface area (Å²) in [5, 5.41) is 4.51. The fourth-order valence-electron chi connectivity index (χ4n) is 1.82. The normalized spacial score (nSPS) is 10.6. The second-order valence-electron chi connectivity index (χ2n) is 3.93. The minimum atomic E-state index is 0.596. The Morgan fingerprint density at radius 3 is 2.58 bits per heavy atom. The smallest absolute Gasteiger partial charge is 0.153 e. The fraction of sp³-hybridized carbons (Fsp3) is 0. The first kappa shape index (κ1) is 12.3. The van der Waals surface area contributed by atoms with Gasteiger partial charge in [0.15, 0.2) is 6.29 Å². The molecule has 1 aromatic carbocycles. The third-order valence-corrected chi connectivity index (χ3v) is 4.33. The Balaban J connectivity index is 2.11. The van der Waals surface area contributed by atoms with Crippen LogP contribution in [0, 0.1) is 0 Å². The second-order valence-corrected chi connectivity index (χ2v) is 6.40. The molecule has 94 valence electrons. The molecule has 5 heteroatoms. The highest BCUT2D eigenvalue weighted by molar-refractivity contribution is 9.11. The molecule has 0 radical (unpaired) electrons. The standard InChI is InChI=1S/C14H9BrN2OS/c15-13-7-6-12(19-13)14-10(9-18)8-17(16-14)11-4-2-1-3-5-11/h1-9H. The molecule has 3 rings (SSSR count). The lowest BCUT2D eigenvalue weighted by molar-refractivity contribution is 0.112. The Bertz CT molecular complexity index is 718. The van der Waals surface area contributed by atoms with Crippen molar-refractivity contribution < 1.29 is 4.79 Å². The summed E-state index contributed by atoms with van der Waals surface area (Å²) < 4.78 is 2.75. The Hall–Kier alpha value is -1.72. The van der Waals surface area contributed by atoms with E-state index in [1.165, 1.54) is 0 Å². The van der Waals surface area contributed by atoms with Crippen LogP contribution in [0.4, 0.5) is 0 Å². The van der Waals surface area contributed by atoms with Gasteiger partial charge in [-0.1, -0.05) is 18.2 Å². The van der Waals surface area contributed by atoms with Crippen LogP contribution in [0.3, 0.4) is 0 Å². The summed E-state index contributed by atoms with van der Waals surface area (Å²) in [5.41, 5.74) is 2.25. The van der Waals surface area contributed by atoms with Gasteiger partial charge in [0.1, 0.15) is 5.69 Å². The monoisotopic (exact) mass is 332 g/mol. The van der Waals surface area contributed by atoms with Crippen molar-refractivity contribution in [2.45, 2.75) is 0 Å². The van der Waals surface area contributed by atoms with E-state index in [0.717, 1.165) is 26.3 Å². The molecule has 0 N–H and O–H groups in total. The van der Waals surface area contributed by atoms with Gasteiger partial charge >= 0.3 is 0 Å². The summed E-state index contributed by atoms with van der Waals surface area (Å²) in [5.74, 6) is 0. The maximum atomic E-state index is 11.2. The van der Waals surface area contributed by atoms with Crippen LogP contribution in [-0.2, 0) is 0 Å². The molecule has 0 spiro atoms. The highest BCUT2D eigenvalue weighted by Crippen LogP contribution is 2.32. The summed E-state index contributed by atoms with van der Waals surface area (Å²) in [7, 11) is 0. The first-order valence-electron chi connectivity index (χ1n) is 5.64. The van der Waals surface area contributed by atoms with Gasteiger partial charge in [0.25, 0.3) is 0 Å². The zero-order valence-electron chi connectivity index (χ0n) is 9.79. The third-order valence-electron chi connectivity index (χ3n) is 2.70. The van der Waals surface area contributed by atoms with Crippen molar-refractivity contribution in [3.8, 4) is 16.3 Å². The van der Waals surface area contributed by atoms with Crippen LogP contribution in [-0.4, -0.2) is 16.1 Å². The molecule has 19 heavy (non-hydrogen) atoms. The first-order valence-corrected chi connectivity index (χ1v) is 7.25. The topological polar surface area (TPSA) is 34.9 Å². The van der Waals surface area contributed by atoms with E-state index in [9.17, 15) is 4.79 Å². The van der Waals surface area contributed by atoms with Crippen LogP contribution in [0.15, 0.2) is 52.4 Å². The minimum Gasteiger partial charge on any atom is -0.298 e. The molecule has 0 amide bonds. The van der Waals surface area contributed by atoms with Gasteiger partial charge in [0, 0.05) is 6.20 Å². The van der Waals surface area contributed by atoms with E-state index in [-0.39, 0.29) is 0 Å². The lowest BCUT2D eigenvalue weighted by atomic mass is 10.2. The molecule has 0 atom stereocenters. The number of carbonyl (C=O) groups excluding carboxylic acids is 1. The maximum absolute atomic E-state index is 11.2. The molecule has 0 saturated heterocycles. The van der Waals surface area contributed by atoms with Crippen molar-refractivity contribution in [3.05, 3.63) is 58.0 Å². The van der Waals surface area contributed by atoms with Crippen molar-refractivity contribution in [1.29, 1.82) is 0 Å². The van der Waals surface area contributed by atoms with Crippen molar-refractivity contribution in [2.75, 3.05) is 0 Å². The average molecular weight is 333 g/mol. The second kappa shape index (κ2) is 5.11. The summed E-state index contributed by atoms with van der Waals surface area (Å²) in [6, 6.07) is 13.7. The lowest BCUT2D eigenvalue weighted by Gasteiger charge is -1.99. The van der Waals surface area contributed by atoms with Crippen LogP contribution in [0.5, 0.6) is 0 Å². The van der Waals surface area contributed by atoms with Crippen LogP contribution >= 0.6 is 27.3 Å². The van der Waals surface area contributed by atoms with Gasteiger partial charge < -0.3 is 0 Å². The summed E-state index contributed by atoms with van der Waals surface area (Å²) >= 11 is 4.98. The molecular weight excluding hydrogens is 324 g/mol. The molecular formula is C14H9BrN2OS. The van der Waals surface area contributed by atoms with E-state index in [1.807, 2.05) is 42.5 Å². The van der Waals surface area contributed by atoms with Gasteiger partial charge in [-0.25, -0.2) is 4.68 Å². The Kier molecular flexibility index (Phi) is 3.31. The summed E-state index contributed by atoms with van der Waals surface area (Å²) in [6.45, 7) is 0. The zero-order valence-corrected chi connectivity index (χ0v) is 12.2. The van der Waals surface area contributed by atoms with Crippen molar-refractivity contribution >= 4 is 33.6 Å². The number of carbonyl (C=O) groups is 1. The van der Waals surface area contributed by atoms with Crippen molar-refractivity contribution in [2.24, 2.45) is 0 Å². The number of benzene rings is 1. The van der Waals surface area contributed by atoms with Gasteiger partial charge in [-0.2, -0.15) is 5.10 Å². The summed E-state index contributed by atoms with van der Waals surface area (Å²) in [4.78, 5) is 12.2. The maximum Gasteiger partial charge on any atom is 0.153 e. The van der Waals surface area contributed by atoms with Gasteiger partial charge in [-0.3, -0.25) is 4.79 Å². The zero-order chi connectivity index (χ0) is 13.2. The Labute approximate surface area is 122 Å². The van der Waals surface area contributed by atoms with Crippen LogP contribution in [0.2, 0.25) is 0 Å². The average Bonchev–Trinajstić information content (AvgIpc) is 3.05. The molecule has 2 heterocycles. The molecule has 0 aliphatic rings. The molecule has 0 aliphatic carbocycles. The number of aromatic nitrogens is 2. The minimum absolute atomic E-state index is 0.596. The largest absolute Gasteiger partial charge is 0.298 e. The quantitative estimate of drug-likeness (QED) is 0.674. The molecule has 3 aromatic rings. The Morgan fingerprint density at radius 2 is 1.95 bits per heavy atom.